The second kappa shape index (κ2) is 3.73. The number of hydrogen-bond acceptors (Lipinski definition) is 4. The highest BCUT2D eigenvalue weighted by molar-refractivity contribution is 5.79. The second-order valence-corrected chi connectivity index (χ2v) is 3.54. The van der Waals surface area contributed by atoms with Crippen molar-refractivity contribution >= 4 is 5.84 Å². The van der Waals surface area contributed by atoms with Crippen molar-refractivity contribution < 1.29 is 0 Å². The monoisotopic (exact) mass is 194 g/mol. The van der Waals surface area contributed by atoms with Crippen LogP contribution in [0.15, 0.2) is 0 Å². The summed E-state index contributed by atoms with van der Waals surface area (Å²) in [6, 6.07) is 0. The molecule has 0 aromatic carbocycles. The third-order valence-corrected chi connectivity index (χ3v) is 2.51. The van der Waals surface area contributed by atoms with Crippen LogP contribution in [0.4, 0.5) is 0 Å². The Morgan fingerprint density at radius 3 is 2.93 bits per heavy atom. The molecule has 76 valence electrons. The number of tetrazole rings is 1. The van der Waals surface area contributed by atoms with Crippen LogP contribution in [0.3, 0.4) is 0 Å². The Bertz CT molecular complexity index is 330. The molecule has 2 rings (SSSR count). The summed E-state index contributed by atoms with van der Waals surface area (Å²) in [6.07, 6.45) is 3.17. The predicted molar refractivity (Wildman–Crippen MR) is 50.8 cm³/mol. The molecule has 1 aliphatic rings. The van der Waals surface area contributed by atoms with Crippen molar-refractivity contribution in [2.75, 3.05) is 6.54 Å². The van der Waals surface area contributed by atoms with E-state index in [0.717, 1.165) is 31.6 Å². The highest BCUT2D eigenvalue weighted by Gasteiger charge is 2.16. The van der Waals surface area contributed by atoms with Crippen LogP contribution in [-0.2, 0) is 13.6 Å². The fourth-order valence-electron chi connectivity index (χ4n) is 1.62. The van der Waals surface area contributed by atoms with E-state index in [4.69, 9.17) is 5.41 Å². The molecule has 1 aromatic heterocycles. The van der Waals surface area contributed by atoms with E-state index in [2.05, 4.69) is 15.5 Å². The minimum absolute atomic E-state index is 0.655. The summed E-state index contributed by atoms with van der Waals surface area (Å²) in [4.78, 5) is 2.04. The molecule has 0 aliphatic carbocycles. The minimum Gasteiger partial charge on any atom is -0.353 e. The first-order chi connectivity index (χ1) is 6.77. The summed E-state index contributed by atoms with van der Waals surface area (Å²) in [5.41, 5.74) is 0. The number of likely N-dealkylation sites (tertiary alicyclic amines) is 1. The Balaban J connectivity index is 2.03. The molecule has 0 atom stereocenters. The SMILES string of the molecule is Cn1nnnc1CN1CCCCC1=N. The van der Waals surface area contributed by atoms with Gasteiger partial charge in [0.25, 0.3) is 0 Å². The summed E-state index contributed by atoms with van der Waals surface area (Å²) in [7, 11) is 1.82. The van der Waals surface area contributed by atoms with Crippen molar-refractivity contribution in [2.24, 2.45) is 7.05 Å². The first-order valence-corrected chi connectivity index (χ1v) is 4.81. The lowest BCUT2D eigenvalue weighted by molar-refractivity contribution is 0.347. The van der Waals surface area contributed by atoms with Crippen LogP contribution in [0, 0.1) is 5.41 Å². The molecular formula is C8H14N6. The van der Waals surface area contributed by atoms with Gasteiger partial charge in [0, 0.05) is 20.0 Å². The Kier molecular flexibility index (Phi) is 2.43. The number of nitrogens with one attached hydrogen (secondary N) is 1. The van der Waals surface area contributed by atoms with Gasteiger partial charge in [0.15, 0.2) is 5.82 Å². The van der Waals surface area contributed by atoms with Crippen LogP contribution in [0.1, 0.15) is 25.1 Å². The smallest absolute Gasteiger partial charge is 0.170 e. The second-order valence-electron chi connectivity index (χ2n) is 3.54. The first-order valence-electron chi connectivity index (χ1n) is 4.81. The van der Waals surface area contributed by atoms with Crippen LogP contribution in [0.5, 0.6) is 0 Å². The maximum absolute atomic E-state index is 7.77. The molecule has 0 saturated carbocycles. The van der Waals surface area contributed by atoms with Crippen LogP contribution in [0.25, 0.3) is 0 Å². The number of aryl methyl sites for hydroxylation is 1. The molecule has 1 aromatic rings. The van der Waals surface area contributed by atoms with E-state index < -0.39 is 0 Å². The molecular weight excluding hydrogens is 180 g/mol. The largest absolute Gasteiger partial charge is 0.353 e. The number of amidine groups is 1. The lowest BCUT2D eigenvalue weighted by Crippen LogP contribution is -2.35. The topological polar surface area (TPSA) is 70.7 Å². The summed E-state index contributed by atoms with van der Waals surface area (Å²) < 4.78 is 1.65. The van der Waals surface area contributed by atoms with Gasteiger partial charge in [-0.05, 0) is 23.3 Å². The quantitative estimate of drug-likeness (QED) is 0.728. The number of rotatable bonds is 2. The van der Waals surface area contributed by atoms with E-state index in [1.807, 2.05) is 11.9 Å². The van der Waals surface area contributed by atoms with Gasteiger partial charge in [0.05, 0.1) is 12.4 Å². The molecule has 1 fully saturated rings. The van der Waals surface area contributed by atoms with Gasteiger partial charge >= 0.3 is 0 Å². The number of piperidine rings is 1. The Morgan fingerprint density at radius 1 is 1.43 bits per heavy atom. The van der Waals surface area contributed by atoms with E-state index in [9.17, 15) is 0 Å². The molecule has 1 aliphatic heterocycles. The lowest BCUT2D eigenvalue weighted by atomic mass is 10.1. The summed E-state index contributed by atoms with van der Waals surface area (Å²) in [5.74, 6) is 1.52. The molecule has 2 heterocycles. The number of nitrogens with zero attached hydrogens (tertiary/aromatic N) is 5. The normalized spacial score (nSPS) is 17.5. The van der Waals surface area contributed by atoms with Gasteiger partial charge in [-0.2, -0.15) is 0 Å². The average molecular weight is 194 g/mol. The zero-order valence-corrected chi connectivity index (χ0v) is 8.27. The molecule has 0 unspecified atom stereocenters. The fourth-order valence-corrected chi connectivity index (χ4v) is 1.62. The molecule has 0 radical (unpaired) electrons. The summed E-state index contributed by atoms with van der Waals surface area (Å²) in [6.45, 7) is 1.61. The van der Waals surface area contributed by atoms with Gasteiger partial charge in [-0.15, -0.1) is 5.10 Å². The van der Waals surface area contributed by atoms with Crippen LogP contribution in [0.2, 0.25) is 0 Å². The van der Waals surface area contributed by atoms with Crippen LogP contribution < -0.4 is 0 Å². The van der Waals surface area contributed by atoms with Crippen molar-refractivity contribution in [3.8, 4) is 0 Å². The summed E-state index contributed by atoms with van der Waals surface area (Å²) in [5, 5.41) is 19.0. The zero-order valence-electron chi connectivity index (χ0n) is 8.27. The molecule has 6 nitrogen and oxygen atoms in total. The molecule has 0 spiro atoms. The molecule has 1 N–H and O–H groups in total. The van der Waals surface area contributed by atoms with Crippen molar-refractivity contribution in [3.63, 3.8) is 0 Å². The maximum Gasteiger partial charge on any atom is 0.170 e. The Morgan fingerprint density at radius 2 is 2.29 bits per heavy atom. The van der Waals surface area contributed by atoms with Crippen molar-refractivity contribution in [3.05, 3.63) is 5.82 Å². The van der Waals surface area contributed by atoms with Gasteiger partial charge in [-0.1, -0.05) is 0 Å². The standard InChI is InChI=1S/C8H14N6/c1-13-8(10-11-12-13)6-14-5-3-2-4-7(14)9/h9H,2-6H2,1H3. The number of hydrogen-bond donors (Lipinski definition) is 1. The van der Waals surface area contributed by atoms with Gasteiger partial charge < -0.3 is 4.90 Å². The van der Waals surface area contributed by atoms with Gasteiger partial charge in [0.2, 0.25) is 0 Å². The molecule has 0 amide bonds. The van der Waals surface area contributed by atoms with E-state index in [-0.39, 0.29) is 0 Å². The van der Waals surface area contributed by atoms with Gasteiger partial charge in [-0.3, -0.25) is 5.41 Å². The molecule has 0 bridgehead atoms. The fraction of sp³-hybridized carbons (Fsp3) is 0.750. The number of aromatic nitrogens is 4. The van der Waals surface area contributed by atoms with E-state index >= 15 is 0 Å². The van der Waals surface area contributed by atoms with Crippen molar-refractivity contribution in [1.29, 1.82) is 5.41 Å². The molecule has 14 heavy (non-hydrogen) atoms. The highest BCUT2D eigenvalue weighted by Crippen LogP contribution is 2.12. The predicted octanol–water partition coefficient (Wildman–Crippen LogP) is 0.173. The van der Waals surface area contributed by atoms with Crippen molar-refractivity contribution in [2.45, 2.75) is 25.8 Å². The average Bonchev–Trinajstić information content (AvgIpc) is 2.56. The minimum atomic E-state index is 0.655. The van der Waals surface area contributed by atoms with Crippen LogP contribution >= 0.6 is 0 Å². The van der Waals surface area contributed by atoms with Crippen LogP contribution in [-0.4, -0.2) is 37.5 Å². The highest BCUT2D eigenvalue weighted by atomic mass is 15.5. The van der Waals surface area contributed by atoms with Crippen molar-refractivity contribution in [1.82, 2.24) is 25.1 Å². The van der Waals surface area contributed by atoms with E-state index in [1.54, 1.807) is 4.68 Å². The van der Waals surface area contributed by atoms with Gasteiger partial charge in [-0.25, -0.2) is 4.68 Å². The van der Waals surface area contributed by atoms with E-state index in [1.165, 1.54) is 0 Å². The van der Waals surface area contributed by atoms with Gasteiger partial charge in [0.1, 0.15) is 0 Å². The zero-order chi connectivity index (χ0) is 9.97. The maximum atomic E-state index is 7.77. The molecule has 6 heteroatoms. The lowest BCUT2D eigenvalue weighted by Gasteiger charge is -2.28. The third-order valence-electron chi connectivity index (χ3n) is 2.51. The molecule has 1 saturated heterocycles. The Labute approximate surface area is 82.4 Å². The first kappa shape index (κ1) is 9.11. The summed E-state index contributed by atoms with van der Waals surface area (Å²) >= 11 is 0. The Hall–Kier alpha value is -1.46. The third kappa shape index (κ3) is 1.73. The van der Waals surface area contributed by atoms with E-state index in [0.29, 0.717) is 12.4 Å².